The predicted molar refractivity (Wildman–Crippen MR) is 70.5 cm³/mol. The molecule has 0 atom stereocenters. The molecule has 1 saturated heterocycles. The zero-order chi connectivity index (χ0) is 14.8. The molecular formula is C12H16FN3O3S. The van der Waals surface area contributed by atoms with Crippen LogP contribution in [0.5, 0.6) is 0 Å². The lowest BCUT2D eigenvalue weighted by Crippen LogP contribution is -2.54. The summed E-state index contributed by atoms with van der Waals surface area (Å²) in [5.74, 6) is -0.509. The molecular weight excluding hydrogens is 285 g/mol. The van der Waals surface area contributed by atoms with Crippen LogP contribution in [0.15, 0.2) is 29.2 Å². The summed E-state index contributed by atoms with van der Waals surface area (Å²) in [6.45, 7) is 3.26. The fourth-order valence-electron chi connectivity index (χ4n) is 1.95. The highest BCUT2D eigenvalue weighted by Crippen LogP contribution is 2.11. The standard InChI is InChI=1S/C12H16FN3O3S/c1-10(17)15-6-8-16(9-7-15)14-20(18,19)12-4-2-11(13)3-5-12/h2-5,14H,6-9H2,1H3. The maximum atomic E-state index is 12.8. The van der Waals surface area contributed by atoms with Gasteiger partial charge in [0, 0.05) is 33.1 Å². The minimum Gasteiger partial charge on any atom is -0.340 e. The Kier molecular flexibility index (Phi) is 4.36. The lowest BCUT2D eigenvalue weighted by molar-refractivity contribution is -0.130. The molecule has 1 heterocycles. The van der Waals surface area contributed by atoms with E-state index in [1.165, 1.54) is 24.1 Å². The van der Waals surface area contributed by atoms with Gasteiger partial charge in [-0.3, -0.25) is 4.79 Å². The summed E-state index contributed by atoms with van der Waals surface area (Å²) in [6, 6.07) is 4.62. The Morgan fingerprint density at radius 3 is 2.20 bits per heavy atom. The van der Waals surface area contributed by atoms with Crippen LogP contribution in [0.25, 0.3) is 0 Å². The summed E-state index contributed by atoms with van der Waals surface area (Å²) in [6.07, 6.45) is 0. The van der Waals surface area contributed by atoms with Gasteiger partial charge < -0.3 is 4.90 Å². The molecule has 0 aliphatic carbocycles. The van der Waals surface area contributed by atoms with Crippen molar-refractivity contribution in [3.63, 3.8) is 0 Å². The number of benzene rings is 1. The van der Waals surface area contributed by atoms with Crippen molar-refractivity contribution in [2.75, 3.05) is 26.2 Å². The molecule has 1 fully saturated rings. The lowest BCUT2D eigenvalue weighted by atomic mass is 10.3. The number of carbonyl (C=O) groups excluding carboxylic acids is 1. The molecule has 0 aromatic heterocycles. The van der Waals surface area contributed by atoms with Crippen molar-refractivity contribution >= 4 is 15.9 Å². The van der Waals surface area contributed by atoms with Crippen LogP contribution in [0, 0.1) is 5.82 Å². The fraction of sp³-hybridized carbons (Fsp3) is 0.417. The Balaban J connectivity index is 2.00. The first-order valence-corrected chi connectivity index (χ1v) is 7.65. The van der Waals surface area contributed by atoms with Crippen molar-refractivity contribution in [2.24, 2.45) is 0 Å². The van der Waals surface area contributed by atoms with Crippen molar-refractivity contribution in [1.82, 2.24) is 14.7 Å². The lowest BCUT2D eigenvalue weighted by Gasteiger charge is -2.33. The molecule has 1 N–H and O–H groups in total. The molecule has 1 aromatic rings. The maximum Gasteiger partial charge on any atom is 0.253 e. The van der Waals surface area contributed by atoms with E-state index in [0.717, 1.165) is 12.1 Å². The molecule has 8 heteroatoms. The number of carbonyl (C=O) groups is 1. The second kappa shape index (κ2) is 5.86. The number of rotatable bonds is 3. The van der Waals surface area contributed by atoms with Crippen LogP contribution < -0.4 is 4.83 Å². The van der Waals surface area contributed by atoms with Crippen molar-refractivity contribution < 1.29 is 17.6 Å². The number of hydrogen-bond donors (Lipinski definition) is 1. The van der Waals surface area contributed by atoms with Crippen LogP contribution in [-0.2, 0) is 14.8 Å². The van der Waals surface area contributed by atoms with Gasteiger partial charge in [-0.2, -0.15) is 0 Å². The quantitative estimate of drug-likeness (QED) is 0.865. The molecule has 1 aliphatic rings. The fourth-order valence-corrected chi connectivity index (χ4v) is 3.07. The largest absolute Gasteiger partial charge is 0.340 e. The van der Waals surface area contributed by atoms with E-state index in [-0.39, 0.29) is 10.8 Å². The van der Waals surface area contributed by atoms with Gasteiger partial charge in [-0.05, 0) is 24.3 Å². The molecule has 0 bridgehead atoms. The number of piperazine rings is 1. The van der Waals surface area contributed by atoms with E-state index < -0.39 is 15.8 Å². The monoisotopic (exact) mass is 301 g/mol. The predicted octanol–water partition coefficient (Wildman–Crippen LogP) is 0.183. The summed E-state index contributed by atoms with van der Waals surface area (Å²) in [5, 5.41) is 1.54. The summed E-state index contributed by atoms with van der Waals surface area (Å²) in [4.78, 5) is 15.3. The molecule has 0 saturated carbocycles. The molecule has 2 rings (SSSR count). The molecule has 0 radical (unpaired) electrons. The van der Waals surface area contributed by atoms with Crippen molar-refractivity contribution in [3.8, 4) is 0 Å². The number of sulfonamides is 1. The van der Waals surface area contributed by atoms with Gasteiger partial charge in [0.1, 0.15) is 5.82 Å². The molecule has 0 unspecified atom stereocenters. The van der Waals surface area contributed by atoms with Gasteiger partial charge in [-0.25, -0.2) is 17.8 Å². The zero-order valence-corrected chi connectivity index (χ0v) is 11.9. The van der Waals surface area contributed by atoms with Gasteiger partial charge in [-0.1, -0.05) is 0 Å². The van der Waals surface area contributed by atoms with Gasteiger partial charge >= 0.3 is 0 Å². The van der Waals surface area contributed by atoms with Gasteiger partial charge in [-0.15, -0.1) is 4.83 Å². The highest BCUT2D eigenvalue weighted by Gasteiger charge is 2.23. The second-order valence-corrected chi connectivity index (χ2v) is 6.20. The van der Waals surface area contributed by atoms with E-state index in [1.54, 1.807) is 4.90 Å². The Morgan fingerprint density at radius 2 is 1.70 bits per heavy atom. The molecule has 1 aliphatic heterocycles. The number of nitrogens with zero attached hydrogens (tertiary/aromatic N) is 2. The number of hydrazine groups is 1. The summed E-state index contributed by atoms with van der Waals surface area (Å²) >= 11 is 0. The van der Waals surface area contributed by atoms with Gasteiger partial charge in [0.05, 0.1) is 4.90 Å². The van der Waals surface area contributed by atoms with Crippen LogP contribution >= 0.6 is 0 Å². The van der Waals surface area contributed by atoms with Crippen molar-refractivity contribution in [1.29, 1.82) is 0 Å². The minimum atomic E-state index is -3.71. The SMILES string of the molecule is CC(=O)N1CCN(NS(=O)(=O)c2ccc(F)cc2)CC1. The molecule has 1 amide bonds. The van der Waals surface area contributed by atoms with Crippen LogP contribution in [0.1, 0.15) is 6.92 Å². The van der Waals surface area contributed by atoms with Crippen molar-refractivity contribution in [2.45, 2.75) is 11.8 Å². The van der Waals surface area contributed by atoms with Crippen molar-refractivity contribution in [3.05, 3.63) is 30.1 Å². The number of halogens is 1. The number of amides is 1. The third-order valence-corrected chi connectivity index (χ3v) is 4.49. The molecule has 1 aromatic carbocycles. The summed E-state index contributed by atoms with van der Waals surface area (Å²) < 4.78 is 36.9. The van der Waals surface area contributed by atoms with E-state index in [9.17, 15) is 17.6 Å². The zero-order valence-electron chi connectivity index (χ0n) is 11.0. The van der Waals surface area contributed by atoms with E-state index in [2.05, 4.69) is 4.83 Å². The van der Waals surface area contributed by atoms with Crippen LogP contribution in [0.2, 0.25) is 0 Å². The first-order valence-electron chi connectivity index (χ1n) is 6.17. The Bertz CT molecular complexity index is 580. The highest BCUT2D eigenvalue weighted by molar-refractivity contribution is 7.89. The molecule has 0 spiro atoms. The maximum absolute atomic E-state index is 12.8. The molecule has 20 heavy (non-hydrogen) atoms. The van der Waals surface area contributed by atoms with Gasteiger partial charge in [0.25, 0.3) is 10.0 Å². The van der Waals surface area contributed by atoms with E-state index in [4.69, 9.17) is 0 Å². The van der Waals surface area contributed by atoms with E-state index in [0.29, 0.717) is 26.2 Å². The van der Waals surface area contributed by atoms with Gasteiger partial charge in [0.15, 0.2) is 0 Å². The highest BCUT2D eigenvalue weighted by atomic mass is 32.2. The first-order chi connectivity index (χ1) is 9.38. The summed E-state index contributed by atoms with van der Waals surface area (Å²) in [5.41, 5.74) is 0. The van der Waals surface area contributed by atoms with Gasteiger partial charge in [0.2, 0.25) is 5.91 Å². The third-order valence-electron chi connectivity index (χ3n) is 3.10. The van der Waals surface area contributed by atoms with Crippen LogP contribution in [0.3, 0.4) is 0 Å². The van der Waals surface area contributed by atoms with Crippen LogP contribution in [0.4, 0.5) is 4.39 Å². The minimum absolute atomic E-state index is 0.00731. The normalized spacial score (nSPS) is 17.2. The average molecular weight is 301 g/mol. The Morgan fingerprint density at radius 1 is 1.15 bits per heavy atom. The third kappa shape index (κ3) is 3.53. The van der Waals surface area contributed by atoms with Crippen LogP contribution in [-0.4, -0.2) is 50.4 Å². The molecule has 6 nitrogen and oxygen atoms in total. The smallest absolute Gasteiger partial charge is 0.253 e. The number of nitrogens with one attached hydrogen (secondary N) is 1. The Labute approximate surface area is 117 Å². The van der Waals surface area contributed by atoms with E-state index in [1.807, 2.05) is 0 Å². The van der Waals surface area contributed by atoms with E-state index >= 15 is 0 Å². The topological polar surface area (TPSA) is 69.7 Å². The number of hydrogen-bond acceptors (Lipinski definition) is 4. The first kappa shape index (κ1) is 14.9. The Hall–Kier alpha value is -1.51. The second-order valence-electron chi connectivity index (χ2n) is 4.54. The summed E-state index contributed by atoms with van der Waals surface area (Å²) in [7, 11) is -3.71. The average Bonchev–Trinajstić information content (AvgIpc) is 2.39. The molecule has 110 valence electrons.